The lowest BCUT2D eigenvalue weighted by atomic mass is 10.1. The van der Waals surface area contributed by atoms with Crippen molar-refractivity contribution in [3.63, 3.8) is 0 Å². The molecular formula is C10H11N3O. The van der Waals surface area contributed by atoms with E-state index in [0.717, 1.165) is 5.56 Å². The Morgan fingerprint density at radius 3 is 2.93 bits per heavy atom. The Hall–Kier alpha value is -1.84. The van der Waals surface area contributed by atoms with Crippen molar-refractivity contribution in [3.05, 3.63) is 51.7 Å². The van der Waals surface area contributed by atoms with Crippen molar-refractivity contribution < 1.29 is 0 Å². The molecule has 0 saturated carbocycles. The number of hydrogen-bond donors (Lipinski definition) is 2. The van der Waals surface area contributed by atoms with Gasteiger partial charge in [0.05, 0.1) is 0 Å². The van der Waals surface area contributed by atoms with Gasteiger partial charge in [-0.05, 0) is 12.5 Å². The number of aryl methyl sites for hydroxylation is 1. The van der Waals surface area contributed by atoms with E-state index < -0.39 is 0 Å². The van der Waals surface area contributed by atoms with Crippen LogP contribution in [-0.2, 0) is 6.42 Å². The van der Waals surface area contributed by atoms with E-state index in [0.29, 0.717) is 12.2 Å². The molecule has 0 radical (unpaired) electrons. The summed E-state index contributed by atoms with van der Waals surface area (Å²) in [7, 11) is 0. The first-order valence-corrected chi connectivity index (χ1v) is 4.43. The van der Waals surface area contributed by atoms with Gasteiger partial charge in [0.15, 0.2) is 0 Å². The second-order valence-electron chi connectivity index (χ2n) is 3.29. The van der Waals surface area contributed by atoms with Crippen molar-refractivity contribution in [3.8, 4) is 0 Å². The fraction of sp³-hybridized carbons (Fsp3) is 0.200. The maximum absolute atomic E-state index is 10.8. The molecule has 0 bridgehead atoms. The van der Waals surface area contributed by atoms with Crippen LogP contribution < -0.4 is 5.69 Å². The minimum atomic E-state index is -0.257. The number of aromatic nitrogens is 3. The summed E-state index contributed by atoms with van der Waals surface area (Å²) in [4.78, 5) is 13.4. The zero-order valence-corrected chi connectivity index (χ0v) is 7.87. The third-order valence-electron chi connectivity index (χ3n) is 2.00. The van der Waals surface area contributed by atoms with Gasteiger partial charge in [0.1, 0.15) is 5.82 Å². The molecule has 4 heteroatoms. The summed E-state index contributed by atoms with van der Waals surface area (Å²) in [5.74, 6) is 0.667. The minimum absolute atomic E-state index is 0.257. The molecule has 0 saturated heterocycles. The van der Waals surface area contributed by atoms with Gasteiger partial charge in [-0.1, -0.05) is 29.8 Å². The molecule has 0 spiro atoms. The fourth-order valence-corrected chi connectivity index (χ4v) is 1.40. The lowest BCUT2D eigenvalue weighted by Gasteiger charge is -1.98. The van der Waals surface area contributed by atoms with Gasteiger partial charge < -0.3 is 0 Å². The Morgan fingerprint density at radius 1 is 1.43 bits per heavy atom. The molecule has 72 valence electrons. The quantitative estimate of drug-likeness (QED) is 0.740. The van der Waals surface area contributed by atoms with E-state index in [2.05, 4.69) is 21.2 Å². The maximum atomic E-state index is 10.8. The number of nitrogens with one attached hydrogen (secondary N) is 2. The molecule has 4 nitrogen and oxygen atoms in total. The molecule has 14 heavy (non-hydrogen) atoms. The van der Waals surface area contributed by atoms with Crippen LogP contribution in [0, 0.1) is 6.92 Å². The fourth-order valence-electron chi connectivity index (χ4n) is 1.40. The highest BCUT2D eigenvalue weighted by atomic mass is 16.1. The van der Waals surface area contributed by atoms with Gasteiger partial charge >= 0.3 is 5.69 Å². The van der Waals surface area contributed by atoms with E-state index in [4.69, 9.17) is 0 Å². The standard InChI is InChI=1S/C10H11N3O/c1-7-3-2-4-8(5-7)6-9-11-10(14)13-12-9/h2-5H,6H2,1H3,(H2,11,12,13,14). The predicted molar refractivity (Wildman–Crippen MR) is 53.2 cm³/mol. The Kier molecular flexibility index (Phi) is 2.18. The van der Waals surface area contributed by atoms with Crippen molar-refractivity contribution >= 4 is 0 Å². The lowest BCUT2D eigenvalue weighted by Crippen LogP contribution is -2.01. The molecule has 2 rings (SSSR count). The van der Waals surface area contributed by atoms with E-state index in [1.54, 1.807) is 0 Å². The van der Waals surface area contributed by atoms with Gasteiger partial charge in [-0.25, -0.2) is 9.89 Å². The highest BCUT2D eigenvalue weighted by Crippen LogP contribution is 2.06. The van der Waals surface area contributed by atoms with Gasteiger partial charge in [-0.15, -0.1) is 0 Å². The average molecular weight is 189 g/mol. The summed E-state index contributed by atoms with van der Waals surface area (Å²) in [6, 6.07) is 8.12. The van der Waals surface area contributed by atoms with Gasteiger partial charge in [0, 0.05) is 6.42 Å². The smallest absolute Gasteiger partial charge is 0.293 e. The number of rotatable bonds is 2. The SMILES string of the molecule is Cc1cccc(Cc2n[nH]c(=O)[nH]2)c1. The Labute approximate surface area is 81.0 Å². The molecule has 1 aromatic carbocycles. The summed E-state index contributed by atoms with van der Waals surface area (Å²) in [5.41, 5.74) is 2.10. The largest absolute Gasteiger partial charge is 0.340 e. The van der Waals surface area contributed by atoms with Crippen LogP contribution in [0.2, 0.25) is 0 Å². The number of aromatic amines is 2. The van der Waals surface area contributed by atoms with Gasteiger partial charge in [0.2, 0.25) is 0 Å². The van der Waals surface area contributed by atoms with Crippen LogP contribution in [0.4, 0.5) is 0 Å². The van der Waals surface area contributed by atoms with Crippen LogP contribution in [0.5, 0.6) is 0 Å². The number of benzene rings is 1. The maximum Gasteiger partial charge on any atom is 0.340 e. The topological polar surface area (TPSA) is 61.5 Å². The molecule has 0 atom stereocenters. The van der Waals surface area contributed by atoms with Crippen LogP contribution in [0.1, 0.15) is 17.0 Å². The molecule has 0 fully saturated rings. The Morgan fingerprint density at radius 2 is 2.29 bits per heavy atom. The Balaban J connectivity index is 2.22. The predicted octanol–water partition coefficient (Wildman–Crippen LogP) is 0.997. The lowest BCUT2D eigenvalue weighted by molar-refractivity contribution is 0.969. The van der Waals surface area contributed by atoms with Crippen molar-refractivity contribution in [1.29, 1.82) is 0 Å². The molecule has 0 amide bonds. The van der Waals surface area contributed by atoms with Gasteiger partial charge in [-0.2, -0.15) is 5.10 Å². The highest BCUT2D eigenvalue weighted by molar-refractivity contribution is 5.24. The minimum Gasteiger partial charge on any atom is -0.293 e. The first-order chi connectivity index (χ1) is 6.74. The van der Waals surface area contributed by atoms with E-state index in [-0.39, 0.29) is 5.69 Å². The summed E-state index contributed by atoms with van der Waals surface area (Å²) in [5, 5.41) is 6.19. The molecule has 1 aromatic heterocycles. The molecule has 1 heterocycles. The first kappa shape index (κ1) is 8.74. The highest BCUT2D eigenvalue weighted by Gasteiger charge is 1.99. The van der Waals surface area contributed by atoms with E-state index in [1.807, 2.05) is 25.1 Å². The molecule has 2 aromatic rings. The normalized spacial score (nSPS) is 10.4. The van der Waals surface area contributed by atoms with E-state index in [1.165, 1.54) is 5.56 Å². The number of nitrogens with zero attached hydrogens (tertiary/aromatic N) is 1. The molecule has 0 aliphatic rings. The zero-order chi connectivity index (χ0) is 9.97. The zero-order valence-electron chi connectivity index (χ0n) is 7.87. The second-order valence-corrected chi connectivity index (χ2v) is 3.29. The molecular weight excluding hydrogens is 178 g/mol. The third-order valence-corrected chi connectivity index (χ3v) is 2.00. The van der Waals surface area contributed by atoms with Crippen molar-refractivity contribution in [2.75, 3.05) is 0 Å². The molecule has 0 unspecified atom stereocenters. The Bertz CT molecular complexity index is 484. The van der Waals surface area contributed by atoms with Crippen molar-refractivity contribution in [2.24, 2.45) is 0 Å². The molecule has 0 aliphatic heterocycles. The molecule has 2 N–H and O–H groups in total. The van der Waals surface area contributed by atoms with Gasteiger partial charge in [-0.3, -0.25) is 4.98 Å². The van der Waals surface area contributed by atoms with Crippen LogP contribution in [0.3, 0.4) is 0 Å². The summed E-state index contributed by atoms with van der Waals surface area (Å²) in [6.07, 6.45) is 0.653. The van der Waals surface area contributed by atoms with E-state index in [9.17, 15) is 4.79 Å². The first-order valence-electron chi connectivity index (χ1n) is 4.43. The van der Waals surface area contributed by atoms with E-state index >= 15 is 0 Å². The number of H-pyrrole nitrogens is 2. The molecule has 0 aliphatic carbocycles. The van der Waals surface area contributed by atoms with Crippen molar-refractivity contribution in [2.45, 2.75) is 13.3 Å². The second kappa shape index (κ2) is 3.49. The monoisotopic (exact) mass is 189 g/mol. The van der Waals surface area contributed by atoms with Gasteiger partial charge in [0.25, 0.3) is 0 Å². The van der Waals surface area contributed by atoms with Crippen LogP contribution >= 0.6 is 0 Å². The van der Waals surface area contributed by atoms with Crippen LogP contribution in [-0.4, -0.2) is 15.2 Å². The summed E-state index contributed by atoms with van der Waals surface area (Å²) >= 11 is 0. The average Bonchev–Trinajstić information content (AvgIpc) is 2.51. The van der Waals surface area contributed by atoms with Crippen molar-refractivity contribution in [1.82, 2.24) is 15.2 Å². The number of hydrogen-bond acceptors (Lipinski definition) is 2. The summed E-state index contributed by atoms with van der Waals surface area (Å²) < 4.78 is 0. The van der Waals surface area contributed by atoms with Crippen LogP contribution in [0.15, 0.2) is 29.1 Å². The summed E-state index contributed by atoms with van der Waals surface area (Å²) in [6.45, 7) is 2.04. The third kappa shape index (κ3) is 1.90. The van der Waals surface area contributed by atoms with Crippen LogP contribution in [0.25, 0.3) is 0 Å².